The number of oxazole rings is 1. The van der Waals surface area contributed by atoms with Gasteiger partial charge in [-0.3, -0.25) is 19.0 Å². The molecule has 0 saturated carbocycles. The first-order chi connectivity index (χ1) is 20.2. The molecular weight excluding hydrogens is 545 g/mol. The SMILES string of the molecule is COC(=O)c1ccc2oc(C(=O)[C@H](Cc3ccccc3)NC(=O)Cn3c(-c4ccc(F)cc4)ncc(N)c3=O)nc2c1. The number of fused-ring (bicyclic) bond motifs is 1. The fourth-order valence-electron chi connectivity index (χ4n) is 4.35. The molecule has 3 aromatic carbocycles. The number of hydrogen-bond donors (Lipinski definition) is 2. The highest BCUT2D eigenvalue weighted by Crippen LogP contribution is 2.20. The van der Waals surface area contributed by atoms with Crippen LogP contribution in [-0.4, -0.2) is 45.3 Å². The zero-order chi connectivity index (χ0) is 29.8. The van der Waals surface area contributed by atoms with Gasteiger partial charge in [-0.05, 0) is 48.0 Å². The molecule has 1 atom stereocenters. The fourth-order valence-corrected chi connectivity index (χ4v) is 4.35. The smallest absolute Gasteiger partial charge is 0.337 e. The monoisotopic (exact) mass is 569 g/mol. The molecule has 0 spiro atoms. The predicted molar refractivity (Wildman–Crippen MR) is 150 cm³/mol. The number of Topliss-reactive ketones (excluding diaryl/α,β-unsaturated/α-hetero) is 1. The first kappa shape index (κ1) is 27.9. The maximum atomic E-state index is 13.6. The Morgan fingerprint density at radius 3 is 2.52 bits per heavy atom. The molecule has 0 radical (unpaired) electrons. The van der Waals surface area contributed by atoms with Crippen LogP contribution in [0.5, 0.6) is 0 Å². The summed E-state index contributed by atoms with van der Waals surface area (Å²) in [4.78, 5) is 60.2. The molecule has 0 unspecified atom stereocenters. The Hall–Kier alpha value is -5.65. The number of amides is 1. The van der Waals surface area contributed by atoms with Crippen molar-refractivity contribution < 1.29 is 27.9 Å². The van der Waals surface area contributed by atoms with Crippen molar-refractivity contribution in [1.29, 1.82) is 0 Å². The van der Waals surface area contributed by atoms with E-state index in [1.54, 1.807) is 24.3 Å². The summed E-state index contributed by atoms with van der Waals surface area (Å²) >= 11 is 0. The lowest BCUT2D eigenvalue weighted by atomic mass is 10.0. The number of nitrogen functional groups attached to an aromatic ring is 1. The molecule has 0 aliphatic heterocycles. The highest BCUT2D eigenvalue weighted by atomic mass is 19.1. The topological polar surface area (TPSA) is 159 Å². The number of nitrogens with two attached hydrogens (primary N) is 1. The van der Waals surface area contributed by atoms with Crippen LogP contribution in [-0.2, 0) is 22.5 Å². The molecule has 1 amide bonds. The second kappa shape index (κ2) is 11.8. The van der Waals surface area contributed by atoms with Gasteiger partial charge in [-0.25, -0.2) is 19.2 Å². The van der Waals surface area contributed by atoms with Crippen molar-refractivity contribution in [2.24, 2.45) is 0 Å². The van der Waals surface area contributed by atoms with E-state index in [1.165, 1.54) is 49.6 Å². The zero-order valence-electron chi connectivity index (χ0n) is 22.2. The van der Waals surface area contributed by atoms with Crippen molar-refractivity contribution >= 4 is 34.4 Å². The molecule has 5 rings (SSSR count). The first-order valence-corrected chi connectivity index (χ1v) is 12.7. The van der Waals surface area contributed by atoms with E-state index in [2.05, 4.69) is 15.3 Å². The number of hydrogen-bond acceptors (Lipinski definition) is 9. The molecule has 2 heterocycles. The maximum Gasteiger partial charge on any atom is 0.337 e. The molecular formula is C30H24FN5O6. The maximum absolute atomic E-state index is 13.6. The number of rotatable bonds is 9. The Morgan fingerprint density at radius 1 is 1.07 bits per heavy atom. The van der Waals surface area contributed by atoms with Crippen LogP contribution in [0.1, 0.15) is 26.6 Å². The Bertz CT molecular complexity index is 1850. The van der Waals surface area contributed by atoms with Gasteiger partial charge in [0.2, 0.25) is 11.7 Å². The molecule has 12 heteroatoms. The van der Waals surface area contributed by atoms with Crippen LogP contribution in [0.2, 0.25) is 0 Å². The lowest BCUT2D eigenvalue weighted by molar-refractivity contribution is -0.122. The number of esters is 1. The number of ketones is 1. The number of benzene rings is 3. The largest absolute Gasteiger partial charge is 0.465 e. The van der Waals surface area contributed by atoms with E-state index < -0.39 is 41.6 Å². The second-order valence-corrected chi connectivity index (χ2v) is 9.30. The van der Waals surface area contributed by atoms with Crippen molar-refractivity contribution in [2.75, 3.05) is 12.8 Å². The van der Waals surface area contributed by atoms with E-state index in [0.717, 1.165) is 16.3 Å². The number of carbonyl (C=O) groups excluding carboxylic acids is 3. The normalized spacial score (nSPS) is 11.7. The van der Waals surface area contributed by atoms with Gasteiger partial charge in [0, 0.05) is 12.0 Å². The van der Waals surface area contributed by atoms with Crippen molar-refractivity contribution in [1.82, 2.24) is 19.9 Å². The third-order valence-electron chi connectivity index (χ3n) is 6.43. The molecule has 0 saturated heterocycles. The lowest BCUT2D eigenvalue weighted by Crippen LogP contribution is -2.45. The Balaban J connectivity index is 1.45. The van der Waals surface area contributed by atoms with Crippen molar-refractivity contribution in [2.45, 2.75) is 19.0 Å². The number of halogens is 1. The van der Waals surface area contributed by atoms with Gasteiger partial charge in [0.05, 0.1) is 18.9 Å². The molecule has 42 heavy (non-hydrogen) atoms. The fraction of sp³-hybridized carbons (Fsp3) is 0.133. The van der Waals surface area contributed by atoms with Crippen LogP contribution in [0.4, 0.5) is 10.1 Å². The highest BCUT2D eigenvalue weighted by Gasteiger charge is 2.28. The van der Waals surface area contributed by atoms with Crippen molar-refractivity contribution in [3.8, 4) is 11.4 Å². The van der Waals surface area contributed by atoms with Gasteiger partial charge in [-0.15, -0.1) is 0 Å². The molecule has 2 aromatic heterocycles. The Morgan fingerprint density at radius 2 is 1.81 bits per heavy atom. The molecule has 0 aliphatic rings. The van der Waals surface area contributed by atoms with Crippen LogP contribution < -0.4 is 16.6 Å². The van der Waals surface area contributed by atoms with Gasteiger partial charge in [0.25, 0.3) is 11.4 Å². The summed E-state index contributed by atoms with van der Waals surface area (Å²) in [5, 5.41) is 2.68. The highest BCUT2D eigenvalue weighted by molar-refractivity contribution is 6.01. The van der Waals surface area contributed by atoms with Gasteiger partial charge in [-0.1, -0.05) is 30.3 Å². The van der Waals surface area contributed by atoms with Gasteiger partial charge in [0.1, 0.15) is 35.4 Å². The van der Waals surface area contributed by atoms with Crippen molar-refractivity contribution in [3.63, 3.8) is 0 Å². The standard InChI is InChI=1S/C30H24FN5O6/c1-41-30(40)19-9-12-24-22(14-19)35-28(42-24)26(38)23(13-17-5-3-2-4-6-17)34-25(37)16-36-27(33-15-21(32)29(36)39)18-7-10-20(31)11-8-18/h2-12,14-15,23H,13,16,32H2,1H3,(H,34,37)/t23-/m0/s1. The van der Waals surface area contributed by atoms with E-state index >= 15 is 0 Å². The van der Waals surface area contributed by atoms with E-state index in [0.29, 0.717) is 5.56 Å². The summed E-state index contributed by atoms with van der Waals surface area (Å²) in [6.45, 7) is -0.530. The van der Waals surface area contributed by atoms with Crippen LogP contribution in [0.25, 0.3) is 22.5 Å². The number of anilines is 1. The van der Waals surface area contributed by atoms with E-state index in [-0.39, 0.29) is 40.5 Å². The molecule has 5 aromatic rings. The predicted octanol–water partition coefficient (Wildman–Crippen LogP) is 3.17. The van der Waals surface area contributed by atoms with Gasteiger partial charge in [-0.2, -0.15) is 0 Å². The average molecular weight is 570 g/mol. The third-order valence-corrected chi connectivity index (χ3v) is 6.43. The molecule has 0 aliphatic carbocycles. The minimum absolute atomic E-state index is 0.0897. The minimum atomic E-state index is -1.13. The third kappa shape index (κ3) is 5.92. The number of carbonyl (C=O) groups is 3. The molecule has 0 fully saturated rings. The molecule has 0 bridgehead atoms. The van der Waals surface area contributed by atoms with E-state index in [9.17, 15) is 23.6 Å². The summed E-state index contributed by atoms with van der Waals surface area (Å²) < 4.78 is 24.9. The number of methoxy groups -OCH3 is 1. The van der Waals surface area contributed by atoms with Gasteiger partial charge < -0.3 is 20.2 Å². The summed E-state index contributed by atoms with van der Waals surface area (Å²) in [7, 11) is 1.25. The van der Waals surface area contributed by atoms with Crippen LogP contribution in [0, 0.1) is 5.82 Å². The summed E-state index contributed by atoms with van der Waals surface area (Å²) in [5.41, 5.74) is 6.79. The van der Waals surface area contributed by atoms with Crippen LogP contribution >= 0.6 is 0 Å². The second-order valence-electron chi connectivity index (χ2n) is 9.30. The minimum Gasteiger partial charge on any atom is -0.465 e. The molecule has 3 N–H and O–H groups in total. The Kier molecular flexibility index (Phi) is 7.87. The Labute approximate surface area is 237 Å². The summed E-state index contributed by atoms with van der Waals surface area (Å²) in [6.07, 6.45) is 1.25. The molecule has 11 nitrogen and oxygen atoms in total. The molecule has 212 valence electrons. The van der Waals surface area contributed by atoms with Gasteiger partial charge >= 0.3 is 5.97 Å². The average Bonchev–Trinajstić information content (AvgIpc) is 3.43. The van der Waals surface area contributed by atoms with E-state index in [1.807, 2.05) is 6.07 Å². The number of ether oxygens (including phenoxy) is 1. The van der Waals surface area contributed by atoms with Crippen LogP contribution in [0.3, 0.4) is 0 Å². The zero-order valence-corrected chi connectivity index (χ0v) is 22.2. The quantitative estimate of drug-likeness (QED) is 0.201. The van der Waals surface area contributed by atoms with Crippen LogP contribution in [0.15, 0.2) is 88.2 Å². The number of nitrogens with zero attached hydrogens (tertiary/aromatic N) is 3. The summed E-state index contributed by atoms with van der Waals surface area (Å²) in [5.74, 6) is -2.55. The van der Waals surface area contributed by atoms with E-state index in [4.69, 9.17) is 14.9 Å². The summed E-state index contributed by atoms with van der Waals surface area (Å²) in [6, 6.07) is 17.5. The number of aromatic nitrogens is 3. The van der Waals surface area contributed by atoms with Gasteiger partial charge in [0.15, 0.2) is 5.58 Å². The number of nitrogens with one attached hydrogen (secondary N) is 1. The van der Waals surface area contributed by atoms with Crippen molar-refractivity contribution in [3.05, 3.63) is 112 Å². The lowest BCUT2D eigenvalue weighted by Gasteiger charge is -2.18. The first-order valence-electron chi connectivity index (χ1n) is 12.7.